The molecule has 0 radical (unpaired) electrons. The Morgan fingerprint density at radius 2 is 1.34 bits per heavy atom. The lowest BCUT2D eigenvalue weighted by molar-refractivity contribution is 0.225. The SMILES string of the molecule is CC(CNS(=O)(=O)C(C)C)Oc1ccc(-c2ccc(CNS(C)(=O)=O)cc2)cc1. The molecule has 0 saturated carbocycles. The largest absolute Gasteiger partial charge is 0.489 e. The summed E-state index contributed by atoms with van der Waals surface area (Å²) in [5, 5.41) is -0.484. The first-order valence-corrected chi connectivity index (χ1v) is 12.7. The molecule has 0 aliphatic heterocycles. The summed E-state index contributed by atoms with van der Waals surface area (Å²) in [6.07, 6.45) is 0.821. The summed E-state index contributed by atoms with van der Waals surface area (Å²) in [4.78, 5) is 0. The second-order valence-electron chi connectivity index (χ2n) is 7.19. The molecule has 0 fully saturated rings. The van der Waals surface area contributed by atoms with Crippen molar-refractivity contribution in [3.05, 3.63) is 54.1 Å². The Labute approximate surface area is 173 Å². The van der Waals surface area contributed by atoms with Crippen molar-refractivity contribution in [2.45, 2.75) is 38.7 Å². The van der Waals surface area contributed by atoms with Crippen LogP contribution in [0.2, 0.25) is 0 Å². The van der Waals surface area contributed by atoms with Crippen LogP contribution in [0.25, 0.3) is 11.1 Å². The van der Waals surface area contributed by atoms with E-state index in [1.54, 1.807) is 20.8 Å². The molecule has 0 aromatic heterocycles. The van der Waals surface area contributed by atoms with Crippen LogP contribution in [0.1, 0.15) is 26.3 Å². The molecule has 0 spiro atoms. The number of nitrogens with one attached hydrogen (secondary N) is 2. The third-order valence-electron chi connectivity index (χ3n) is 4.21. The molecule has 0 heterocycles. The molecule has 1 atom stereocenters. The van der Waals surface area contributed by atoms with Crippen molar-refractivity contribution in [3.63, 3.8) is 0 Å². The molecule has 2 aromatic carbocycles. The zero-order chi connectivity index (χ0) is 21.7. The van der Waals surface area contributed by atoms with E-state index in [9.17, 15) is 16.8 Å². The highest BCUT2D eigenvalue weighted by Gasteiger charge is 2.16. The molecule has 160 valence electrons. The number of benzene rings is 2. The predicted molar refractivity (Wildman–Crippen MR) is 116 cm³/mol. The van der Waals surface area contributed by atoms with E-state index < -0.39 is 25.3 Å². The highest BCUT2D eigenvalue weighted by molar-refractivity contribution is 7.90. The maximum absolute atomic E-state index is 11.8. The van der Waals surface area contributed by atoms with Crippen molar-refractivity contribution < 1.29 is 21.6 Å². The molecule has 7 nitrogen and oxygen atoms in total. The number of ether oxygens (including phenoxy) is 1. The minimum absolute atomic E-state index is 0.200. The lowest BCUT2D eigenvalue weighted by Crippen LogP contribution is -2.37. The number of rotatable bonds is 10. The van der Waals surface area contributed by atoms with Gasteiger partial charge in [0.15, 0.2) is 0 Å². The zero-order valence-corrected chi connectivity index (χ0v) is 18.7. The summed E-state index contributed by atoms with van der Waals surface area (Å²) >= 11 is 0. The van der Waals surface area contributed by atoms with E-state index in [1.165, 1.54) is 0 Å². The first-order valence-electron chi connectivity index (χ1n) is 9.25. The van der Waals surface area contributed by atoms with Gasteiger partial charge in [-0.2, -0.15) is 0 Å². The Kier molecular flexibility index (Phi) is 7.81. The fraction of sp³-hybridized carbons (Fsp3) is 0.400. The summed E-state index contributed by atoms with van der Waals surface area (Å²) in [7, 11) is -6.53. The van der Waals surface area contributed by atoms with Gasteiger partial charge in [-0.1, -0.05) is 36.4 Å². The van der Waals surface area contributed by atoms with Gasteiger partial charge in [-0.15, -0.1) is 0 Å². The van der Waals surface area contributed by atoms with E-state index in [0.29, 0.717) is 5.75 Å². The number of sulfonamides is 2. The summed E-state index contributed by atoms with van der Waals surface area (Å²) in [6, 6.07) is 15.1. The van der Waals surface area contributed by atoms with Crippen LogP contribution in [0.15, 0.2) is 48.5 Å². The fourth-order valence-electron chi connectivity index (χ4n) is 2.43. The molecule has 29 heavy (non-hydrogen) atoms. The van der Waals surface area contributed by atoms with Crippen LogP contribution in [-0.2, 0) is 26.6 Å². The standard InChI is InChI=1S/C20H28N2O5S2/c1-15(2)29(25,26)22-13-16(3)27-20-11-9-19(10-12-20)18-7-5-17(6-8-18)14-21-28(4,23)24/h5-12,15-16,21-22H,13-14H2,1-4H3. The predicted octanol–water partition coefficient (Wildman–Crippen LogP) is 2.50. The molecule has 2 rings (SSSR count). The first kappa shape index (κ1) is 23.3. The molecule has 0 aliphatic rings. The van der Waals surface area contributed by atoms with E-state index in [1.807, 2.05) is 48.5 Å². The minimum atomic E-state index is -3.31. The summed E-state index contributed by atoms with van der Waals surface area (Å²) < 4.78 is 56.7. The Bertz CT molecular complexity index is 1000. The molecule has 2 N–H and O–H groups in total. The average molecular weight is 441 g/mol. The average Bonchev–Trinajstić information content (AvgIpc) is 2.65. The highest BCUT2D eigenvalue weighted by atomic mass is 32.2. The van der Waals surface area contributed by atoms with Crippen LogP contribution in [0.3, 0.4) is 0 Å². The molecule has 0 aliphatic carbocycles. The van der Waals surface area contributed by atoms with Gasteiger partial charge in [-0.3, -0.25) is 0 Å². The van der Waals surface area contributed by atoms with Gasteiger partial charge in [0.1, 0.15) is 11.9 Å². The lowest BCUT2D eigenvalue weighted by atomic mass is 10.0. The zero-order valence-electron chi connectivity index (χ0n) is 17.0. The molecular weight excluding hydrogens is 412 g/mol. The second-order valence-corrected chi connectivity index (χ2v) is 11.3. The Hall–Kier alpha value is -1.94. The normalized spacial score (nSPS) is 13.4. The van der Waals surface area contributed by atoms with Gasteiger partial charge in [0.2, 0.25) is 20.0 Å². The third kappa shape index (κ3) is 7.77. The molecule has 9 heteroatoms. The molecule has 1 unspecified atom stereocenters. The fourth-order valence-corrected chi connectivity index (χ4v) is 3.66. The molecule has 2 aromatic rings. The first-order chi connectivity index (χ1) is 13.5. The van der Waals surface area contributed by atoms with Gasteiger partial charge in [0.25, 0.3) is 0 Å². The molecular formula is C20H28N2O5S2. The van der Waals surface area contributed by atoms with Crippen LogP contribution < -0.4 is 14.2 Å². The van der Waals surface area contributed by atoms with Gasteiger partial charge < -0.3 is 4.74 Å². The summed E-state index contributed by atoms with van der Waals surface area (Å²) in [5.41, 5.74) is 2.86. The molecule has 0 bridgehead atoms. The molecule has 0 saturated heterocycles. The van der Waals surface area contributed by atoms with Crippen molar-refractivity contribution in [2.24, 2.45) is 0 Å². The minimum Gasteiger partial charge on any atom is -0.489 e. The smallest absolute Gasteiger partial charge is 0.214 e. The second kappa shape index (κ2) is 9.71. The topological polar surface area (TPSA) is 102 Å². The van der Waals surface area contributed by atoms with Crippen molar-refractivity contribution in [2.75, 3.05) is 12.8 Å². The van der Waals surface area contributed by atoms with Crippen molar-refractivity contribution in [1.82, 2.24) is 9.44 Å². The maximum Gasteiger partial charge on any atom is 0.214 e. The Morgan fingerprint density at radius 3 is 1.83 bits per heavy atom. The van der Waals surface area contributed by atoms with Crippen LogP contribution in [0.4, 0.5) is 0 Å². The van der Waals surface area contributed by atoms with E-state index in [-0.39, 0.29) is 19.2 Å². The Morgan fingerprint density at radius 1 is 0.828 bits per heavy atom. The van der Waals surface area contributed by atoms with Crippen molar-refractivity contribution >= 4 is 20.0 Å². The van der Waals surface area contributed by atoms with Gasteiger partial charge in [0, 0.05) is 13.1 Å². The highest BCUT2D eigenvalue weighted by Crippen LogP contribution is 2.23. The van der Waals surface area contributed by atoms with Gasteiger partial charge in [-0.05, 0) is 49.6 Å². The van der Waals surface area contributed by atoms with Gasteiger partial charge in [0.05, 0.1) is 11.5 Å². The molecule has 0 amide bonds. The van der Waals surface area contributed by atoms with E-state index in [2.05, 4.69) is 9.44 Å². The number of hydrogen-bond donors (Lipinski definition) is 2. The van der Waals surface area contributed by atoms with E-state index in [4.69, 9.17) is 4.74 Å². The van der Waals surface area contributed by atoms with Crippen LogP contribution >= 0.6 is 0 Å². The van der Waals surface area contributed by atoms with Crippen LogP contribution in [0, 0.1) is 0 Å². The van der Waals surface area contributed by atoms with Gasteiger partial charge >= 0.3 is 0 Å². The van der Waals surface area contributed by atoms with Crippen molar-refractivity contribution in [3.8, 4) is 16.9 Å². The lowest BCUT2D eigenvalue weighted by Gasteiger charge is -2.17. The van der Waals surface area contributed by atoms with Crippen LogP contribution in [0.5, 0.6) is 5.75 Å². The van der Waals surface area contributed by atoms with E-state index in [0.717, 1.165) is 22.9 Å². The maximum atomic E-state index is 11.8. The monoisotopic (exact) mass is 440 g/mol. The number of hydrogen-bond acceptors (Lipinski definition) is 5. The van der Waals surface area contributed by atoms with Gasteiger partial charge in [-0.25, -0.2) is 26.3 Å². The quantitative estimate of drug-likeness (QED) is 0.591. The van der Waals surface area contributed by atoms with Crippen molar-refractivity contribution in [1.29, 1.82) is 0 Å². The Balaban J connectivity index is 1.94. The summed E-state index contributed by atoms with van der Waals surface area (Å²) in [5.74, 6) is 0.652. The van der Waals surface area contributed by atoms with Crippen LogP contribution in [-0.4, -0.2) is 41.0 Å². The summed E-state index contributed by atoms with van der Waals surface area (Å²) in [6.45, 7) is 5.51. The third-order valence-corrected chi connectivity index (χ3v) is 6.69. The van der Waals surface area contributed by atoms with E-state index >= 15 is 0 Å².